The van der Waals surface area contributed by atoms with Crippen molar-refractivity contribution in [1.29, 1.82) is 0 Å². The van der Waals surface area contributed by atoms with Gasteiger partial charge >= 0.3 is 6.18 Å². The van der Waals surface area contributed by atoms with Gasteiger partial charge < -0.3 is 4.90 Å². The van der Waals surface area contributed by atoms with E-state index < -0.39 is 11.7 Å². The molecule has 1 aliphatic rings. The molecule has 0 saturated carbocycles. The minimum absolute atomic E-state index is 0. The number of carbonyl (C=O) groups excluding carboxylic acids is 1. The Hall–Kier alpha value is -2.52. The molecule has 0 radical (unpaired) electrons. The first-order chi connectivity index (χ1) is 13.3. The molecular formula is C19H16ClF3N4OS. The number of benzene rings is 1. The second-order valence-electron chi connectivity index (χ2n) is 6.53. The molecule has 1 amide bonds. The number of alkyl halides is 3. The second-order valence-corrected chi connectivity index (χ2v) is 6.92. The van der Waals surface area contributed by atoms with Crippen LogP contribution in [0.3, 0.4) is 0 Å². The van der Waals surface area contributed by atoms with Crippen LogP contribution in [-0.4, -0.2) is 27.2 Å². The molecule has 10 heteroatoms. The lowest BCUT2D eigenvalue weighted by molar-refractivity contribution is -0.137. The SMILES string of the molecule is C[C@H]1CN(c2ccc(C(F)(F)F)cc2)C(=O)c2c(-c3ccnc(Cl)c3)cnn21.S. The van der Waals surface area contributed by atoms with Crippen molar-refractivity contribution < 1.29 is 18.0 Å². The number of halogens is 4. The molecule has 0 spiro atoms. The number of fused-ring (bicyclic) bond motifs is 1. The molecule has 2 aromatic heterocycles. The van der Waals surface area contributed by atoms with Gasteiger partial charge in [-0.15, -0.1) is 0 Å². The van der Waals surface area contributed by atoms with E-state index in [0.717, 1.165) is 12.1 Å². The standard InChI is InChI=1S/C19H14ClF3N4O.H2S/c1-11-10-26(14-4-2-13(3-5-14)19(21,22)23)18(28)17-15(9-25-27(11)17)12-6-7-24-16(20)8-12;/h2-9,11H,10H2,1H3;1H2/t11-;/m0./s1. The van der Waals surface area contributed by atoms with Gasteiger partial charge in [0.15, 0.2) is 0 Å². The summed E-state index contributed by atoms with van der Waals surface area (Å²) in [6.07, 6.45) is -1.30. The van der Waals surface area contributed by atoms with E-state index in [1.165, 1.54) is 23.2 Å². The van der Waals surface area contributed by atoms with Crippen LogP contribution in [0.4, 0.5) is 18.9 Å². The summed E-state index contributed by atoms with van der Waals surface area (Å²) in [5.41, 5.74) is 1.29. The smallest absolute Gasteiger partial charge is 0.305 e. The van der Waals surface area contributed by atoms with Crippen LogP contribution in [0.2, 0.25) is 5.15 Å². The van der Waals surface area contributed by atoms with Crippen molar-refractivity contribution in [3.05, 3.63) is 65.2 Å². The van der Waals surface area contributed by atoms with Gasteiger partial charge in [0.05, 0.1) is 17.8 Å². The minimum atomic E-state index is -4.43. The van der Waals surface area contributed by atoms with Crippen LogP contribution in [0.5, 0.6) is 0 Å². The Morgan fingerprint density at radius 3 is 2.48 bits per heavy atom. The van der Waals surface area contributed by atoms with E-state index >= 15 is 0 Å². The lowest BCUT2D eigenvalue weighted by Gasteiger charge is -2.32. The van der Waals surface area contributed by atoms with Gasteiger partial charge in [-0.05, 0) is 48.9 Å². The predicted octanol–water partition coefficient (Wildman–Crippen LogP) is 4.95. The van der Waals surface area contributed by atoms with Crippen molar-refractivity contribution in [2.75, 3.05) is 11.4 Å². The molecule has 3 heterocycles. The maximum Gasteiger partial charge on any atom is 0.416 e. The van der Waals surface area contributed by atoms with Crippen molar-refractivity contribution >= 4 is 36.7 Å². The van der Waals surface area contributed by atoms with Crippen LogP contribution in [0.15, 0.2) is 48.8 Å². The summed E-state index contributed by atoms with van der Waals surface area (Å²) in [6.45, 7) is 2.19. The summed E-state index contributed by atoms with van der Waals surface area (Å²) >= 11 is 5.96. The minimum Gasteiger partial charge on any atom is -0.305 e. The molecule has 5 nitrogen and oxygen atoms in total. The first-order valence-corrected chi connectivity index (χ1v) is 8.82. The van der Waals surface area contributed by atoms with Crippen LogP contribution >= 0.6 is 25.1 Å². The molecule has 1 atom stereocenters. The molecule has 0 N–H and O–H groups in total. The maximum atomic E-state index is 13.2. The van der Waals surface area contributed by atoms with E-state index in [2.05, 4.69) is 10.1 Å². The third kappa shape index (κ3) is 3.84. The largest absolute Gasteiger partial charge is 0.416 e. The molecular weight excluding hydrogens is 425 g/mol. The van der Waals surface area contributed by atoms with E-state index in [4.69, 9.17) is 11.6 Å². The van der Waals surface area contributed by atoms with Crippen molar-refractivity contribution in [2.24, 2.45) is 0 Å². The number of hydrogen-bond acceptors (Lipinski definition) is 3. The lowest BCUT2D eigenvalue weighted by atomic mass is 10.0. The quantitative estimate of drug-likeness (QED) is 0.530. The molecule has 0 bridgehead atoms. The average Bonchev–Trinajstić information content (AvgIpc) is 3.10. The van der Waals surface area contributed by atoms with Crippen LogP contribution in [0.25, 0.3) is 11.1 Å². The highest BCUT2D eigenvalue weighted by molar-refractivity contribution is 7.59. The van der Waals surface area contributed by atoms with E-state index in [0.29, 0.717) is 29.1 Å². The molecule has 3 aromatic rings. The summed E-state index contributed by atoms with van der Waals surface area (Å²) in [4.78, 5) is 18.6. The van der Waals surface area contributed by atoms with Crippen LogP contribution in [0, 0.1) is 0 Å². The number of carbonyl (C=O) groups is 1. The van der Waals surface area contributed by atoms with Gasteiger partial charge in [0.25, 0.3) is 5.91 Å². The van der Waals surface area contributed by atoms with E-state index in [-0.39, 0.29) is 30.6 Å². The van der Waals surface area contributed by atoms with Gasteiger partial charge in [-0.1, -0.05) is 11.6 Å². The van der Waals surface area contributed by atoms with E-state index in [9.17, 15) is 18.0 Å². The van der Waals surface area contributed by atoms with Crippen LogP contribution in [0.1, 0.15) is 29.0 Å². The molecule has 1 aromatic carbocycles. The highest BCUT2D eigenvalue weighted by Crippen LogP contribution is 2.35. The van der Waals surface area contributed by atoms with Crippen molar-refractivity contribution in [3.63, 3.8) is 0 Å². The first kappa shape index (κ1) is 21.2. The molecule has 152 valence electrons. The summed E-state index contributed by atoms with van der Waals surface area (Å²) in [6, 6.07) is 7.77. The van der Waals surface area contributed by atoms with Gasteiger partial charge in [0.2, 0.25) is 0 Å². The van der Waals surface area contributed by atoms with Gasteiger partial charge in [0.1, 0.15) is 10.8 Å². The zero-order valence-electron chi connectivity index (χ0n) is 15.1. The Bertz CT molecular complexity index is 1050. The Balaban J connectivity index is 0.00000240. The molecule has 0 fully saturated rings. The highest BCUT2D eigenvalue weighted by atomic mass is 35.5. The Morgan fingerprint density at radius 2 is 1.86 bits per heavy atom. The summed E-state index contributed by atoms with van der Waals surface area (Å²) < 4.78 is 40.1. The Morgan fingerprint density at radius 1 is 1.17 bits per heavy atom. The molecule has 0 saturated heterocycles. The molecule has 1 aliphatic heterocycles. The van der Waals surface area contributed by atoms with Crippen LogP contribution in [-0.2, 0) is 6.18 Å². The third-order valence-corrected chi connectivity index (χ3v) is 4.86. The van der Waals surface area contributed by atoms with Crippen molar-refractivity contribution in [2.45, 2.75) is 19.1 Å². The number of rotatable bonds is 2. The summed E-state index contributed by atoms with van der Waals surface area (Å²) in [5.74, 6) is -0.335. The van der Waals surface area contributed by atoms with Crippen molar-refractivity contribution in [3.8, 4) is 11.1 Å². The molecule has 0 aliphatic carbocycles. The molecule has 29 heavy (non-hydrogen) atoms. The van der Waals surface area contributed by atoms with Gasteiger partial charge in [-0.3, -0.25) is 9.48 Å². The third-order valence-electron chi connectivity index (χ3n) is 4.65. The first-order valence-electron chi connectivity index (χ1n) is 8.44. The van der Waals surface area contributed by atoms with Gasteiger partial charge in [-0.25, -0.2) is 4.98 Å². The number of nitrogens with zero attached hydrogens (tertiary/aromatic N) is 4. The fourth-order valence-corrected chi connectivity index (χ4v) is 3.47. The Kier molecular flexibility index (Phi) is 5.64. The highest BCUT2D eigenvalue weighted by Gasteiger charge is 2.35. The monoisotopic (exact) mass is 440 g/mol. The lowest BCUT2D eigenvalue weighted by Crippen LogP contribution is -2.42. The topological polar surface area (TPSA) is 51.0 Å². The number of amides is 1. The molecule has 4 rings (SSSR count). The normalized spacial score (nSPS) is 16.4. The average molecular weight is 441 g/mol. The Labute approximate surface area is 176 Å². The number of anilines is 1. The zero-order valence-corrected chi connectivity index (χ0v) is 16.9. The van der Waals surface area contributed by atoms with Gasteiger partial charge in [0, 0.05) is 24.0 Å². The van der Waals surface area contributed by atoms with Gasteiger partial charge in [-0.2, -0.15) is 31.8 Å². The predicted molar refractivity (Wildman–Crippen MR) is 109 cm³/mol. The number of hydrogen-bond donors (Lipinski definition) is 0. The summed E-state index contributed by atoms with van der Waals surface area (Å²) in [7, 11) is 0. The fourth-order valence-electron chi connectivity index (χ4n) is 3.30. The fraction of sp³-hybridized carbons (Fsp3) is 0.211. The zero-order chi connectivity index (χ0) is 20.1. The van der Waals surface area contributed by atoms with Crippen LogP contribution < -0.4 is 4.90 Å². The van der Waals surface area contributed by atoms with Crippen molar-refractivity contribution in [1.82, 2.24) is 14.8 Å². The number of aromatic nitrogens is 3. The van der Waals surface area contributed by atoms with E-state index in [1.54, 1.807) is 23.0 Å². The summed E-state index contributed by atoms with van der Waals surface area (Å²) in [5, 5.41) is 4.61. The number of pyridine rings is 1. The maximum absolute atomic E-state index is 13.2. The van der Waals surface area contributed by atoms with E-state index in [1.807, 2.05) is 6.92 Å². The second kappa shape index (κ2) is 7.72. The molecule has 0 unspecified atom stereocenters.